The van der Waals surface area contributed by atoms with Gasteiger partial charge in [0.25, 0.3) is 0 Å². The van der Waals surface area contributed by atoms with Crippen LogP contribution >= 0.6 is 0 Å². The van der Waals surface area contributed by atoms with E-state index in [0.29, 0.717) is 0 Å². The molecule has 14 heavy (non-hydrogen) atoms. The van der Waals surface area contributed by atoms with E-state index in [2.05, 4.69) is 48.6 Å². The highest BCUT2D eigenvalue weighted by molar-refractivity contribution is 5.00. The second-order valence-corrected chi connectivity index (χ2v) is 3.52. The Morgan fingerprint density at radius 1 is 0.429 bits per heavy atom. The Bertz CT molecular complexity index is 204. The molecular formula is C14H20. The van der Waals surface area contributed by atoms with Gasteiger partial charge in [-0.2, -0.15) is 0 Å². The Labute approximate surface area is 87.7 Å². The molecule has 0 amide bonds. The van der Waals surface area contributed by atoms with E-state index in [0.717, 1.165) is 19.3 Å². The molecule has 1 aliphatic rings. The van der Waals surface area contributed by atoms with Gasteiger partial charge in [-0.3, -0.25) is 0 Å². The van der Waals surface area contributed by atoms with Crippen molar-refractivity contribution in [2.45, 2.75) is 38.5 Å². The van der Waals surface area contributed by atoms with Crippen LogP contribution in [0.5, 0.6) is 0 Å². The molecule has 0 fully saturated rings. The van der Waals surface area contributed by atoms with Crippen LogP contribution in [-0.4, -0.2) is 0 Å². The lowest BCUT2D eigenvalue weighted by molar-refractivity contribution is 0.864. The van der Waals surface area contributed by atoms with Crippen molar-refractivity contribution in [3.8, 4) is 0 Å². The summed E-state index contributed by atoms with van der Waals surface area (Å²) in [5.41, 5.74) is 0. The number of hydrogen-bond donors (Lipinski definition) is 0. The molecule has 0 heterocycles. The first-order valence-electron chi connectivity index (χ1n) is 5.60. The van der Waals surface area contributed by atoms with Gasteiger partial charge in [-0.25, -0.2) is 0 Å². The topological polar surface area (TPSA) is 0 Å². The predicted octanol–water partition coefficient (Wildman–Crippen LogP) is 4.57. The zero-order valence-electron chi connectivity index (χ0n) is 8.86. The van der Waals surface area contributed by atoms with Gasteiger partial charge in [-0.05, 0) is 38.5 Å². The van der Waals surface area contributed by atoms with Crippen molar-refractivity contribution < 1.29 is 0 Å². The summed E-state index contributed by atoms with van der Waals surface area (Å²) >= 11 is 0. The largest absolute Gasteiger partial charge is 0.0882 e. The summed E-state index contributed by atoms with van der Waals surface area (Å²) in [5, 5.41) is 0. The Kier molecular flexibility index (Phi) is 6.74. The predicted molar refractivity (Wildman–Crippen MR) is 64.3 cm³/mol. The molecule has 1 aliphatic carbocycles. The van der Waals surface area contributed by atoms with Gasteiger partial charge in [0.15, 0.2) is 0 Å². The molecule has 0 radical (unpaired) electrons. The minimum Gasteiger partial charge on any atom is -0.0882 e. The molecule has 0 bridgehead atoms. The van der Waals surface area contributed by atoms with Crippen LogP contribution in [0.3, 0.4) is 0 Å². The quantitative estimate of drug-likeness (QED) is 0.489. The average Bonchev–Trinajstić information content (AvgIpc) is 2.22. The number of rotatable bonds is 0. The van der Waals surface area contributed by atoms with Gasteiger partial charge in [0, 0.05) is 0 Å². The maximum absolute atomic E-state index is 2.29. The first-order valence-corrected chi connectivity index (χ1v) is 5.60. The van der Waals surface area contributed by atoms with E-state index in [-0.39, 0.29) is 0 Å². The van der Waals surface area contributed by atoms with Crippen molar-refractivity contribution in [2.24, 2.45) is 0 Å². The summed E-state index contributed by atoms with van der Waals surface area (Å²) < 4.78 is 0. The van der Waals surface area contributed by atoms with Gasteiger partial charge in [-0.1, -0.05) is 48.6 Å². The van der Waals surface area contributed by atoms with Crippen LogP contribution in [0.15, 0.2) is 48.6 Å². The lowest BCUT2D eigenvalue weighted by atomic mass is 10.2. The summed E-state index contributed by atoms with van der Waals surface area (Å²) in [6, 6.07) is 0. The van der Waals surface area contributed by atoms with E-state index in [1.807, 2.05) is 0 Å². The molecule has 0 spiro atoms. The van der Waals surface area contributed by atoms with Crippen LogP contribution < -0.4 is 0 Å². The van der Waals surface area contributed by atoms with Gasteiger partial charge in [0.05, 0.1) is 0 Å². The van der Waals surface area contributed by atoms with Gasteiger partial charge in [0.2, 0.25) is 0 Å². The highest BCUT2D eigenvalue weighted by Crippen LogP contribution is 2.01. The maximum Gasteiger partial charge on any atom is -0.0169 e. The zero-order valence-corrected chi connectivity index (χ0v) is 8.86. The normalized spacial score (nSPS) is 28.6. The molecule has 0 nitrogen and oxygen atoms in total. The fraction of sp³-hybridized carbons (Fsp3) is 0.429. The minimum atomic E-state index is 1.07. The molecule has 0 saturated heterocycles. The van der Waals surface area contributed by atoms with Crippen LogP contribution in [0.1, 0.15) is 38.5 Å². The monoisotopic (exact) mass is 188 g/mol. The molecule has 0 aromatic heterocycles. The van der Waals surface area contributed by atoms with E-state index in [1.54, 1.807) is 0 Å². The van der Waals surface area contributed by atoms with Crippen molar-refractivity contribution >= 4 is 0 Å². The molecule has 76 valence electrons. The van der Waals surface area contributed by atoms with Crippen LogP contribution in [0, 0.1) is 0 Å². The van der Waals surface area contributed by atoms with E-state index in [4.69, 9.17) is 0 Å². The third-order valence-corrected chi connectivity index (χ3v) is 2.22. The molecule has 0 unspecified atom stereocenters. The van der Waals surface area contributed by atoms with E-state index in [1.165, 1.54) is 19.3 Å². The molecule has 0 heteroatoms. The smallest absolute Gasteiger partial charge is 0.0169 e. The summed E-state index contributed by atoms with van der Waals surface area (Å²) in [7, 11) is 0. The van der Waals surface area contributed by atoms with Gasteiger partial charge >= 0.3 is 0 Å². The lowest BCUT2D eigenvalue weighted by Crippen LogP contribution is -1.71. The van der Waals surface area contributed by atoms with Gasteiger partial charge in [0.1, 0.15) is 0 Å². The number of allylic oxidation sites excluding steroid dienone is 8. The van der Waals surface area contributed by atoms with Gasteiger partial charge in [-0.15, -0.1) is 0 Å². The Balaban J connectivity index is 2.34. The highest BCUT2D eigenvalue weighted by Gasteiger charge is 1.81. The second kappa shape index (κ2) is 8.55. The highest BCUT2D eigenvalue weighted by atomic mass is 13.9. The second-order valence-electron chi connectivity index (χ2n) is 3.52. The summed E-state index contributed by atoms with van der Waals surface area (Å²) in [6.07, 6.45) is 25.0. The Morgan fingerprint density at radius 2 is 0.786 bits per heavy atom. The number of hydrogen-bond acceptors (Lipinski definition) is 0. The first-order chi connectivity index (χ1) is 7.00. The molecule has 0 aromatic rings. The summed E-state index contributed by atoms with van der Waals surface area (Å²) in [5.74, 6) is 0. The third-order valence-electron chi connectivity index (χ3n) is 2.22. The van der Waals surface area contributed by atoms with E-state index in [9.17, 15) is 0 Å². The summed E-state index contributed by atoms with van der Waals surface area (Å²) in [6.45, 7) is 0. The van der Waals surface area contributed by atoms with E-state index < -0.39 is 0 Å². The zero-order chi connectivity index (χ0) is 9.90. The lowest BCUT2D eigenvalue weighted by Gasteiger charge is -1.91. The van der Waals surface area contributed by atoms with Crippen LogP contribution in [0.25, 0.3) is 0 Å². The molecule has 0 saturated carbocycles. The molecular weight excluding hydrogens is 168 g/mol. The molecule has 1 rings (SSSR count). The first kappa shape index (κ1) is 11.0. The standard InChI is InChI=1S/C14H20/c1-2-4-6-8-10-12-14-13-11-9-7-5-3-1/h1-2,5-8,11,13H,3-4,9-10,12,14H2/b2-1-,7-5-,8-6-,13-11-. The maximum atomic E-state index is 2.29. The minimum absolute atomic E-state index is 1.07. The van der Waals surface area contributed by atoms with Crippen molar-refractivity contribution in [3.63, 3.8) is 0 Å². The van der Waals surface area contributed by atoms with Crippen LogP contribution in [0.2, 0.25) is 0 Å². The molecule has 0 atom stereocenters. The summed E-state index contributed by atoms with van der Waals surface area (Å²) in [4.78, 5) is 0. The van der Waals surface area contributed by atoms with Crippen molar-refractivity contribution in [1.82, 2.24) is 0 Å². The fourth-order valence-electron chi connectivity index (χ4n) is 1.40. The van der Waals surface area contributed by atoms with Crippen LogP contribution in [0.4, 0.5) is 0 Å². The SMILES string of the molecule is C1=C\C/C=C\CCC/C=C\C/C=C\C/1. The van der Waals surface area contributed by atoms with Gasteiger partial charge < -0.3 is 0 Å². The Morgan fingerprint density at radius 3 is 1.21 bits per heavy atom. The average molecular weight is 188 g/mol. The third kappa shape index (κ3) is 6.47. The van der Waals surface area contributed by atoms with E-state index >= 15 is 0 Å². The van der Waals surface area contributed by atoms with Crippen molar-refractivity contribution in [1.29, 1.82) is 0 Å². The molecule has 0 N–H and O–H groups in total. The fourth-order valence-corrected chi connectivity index (χ4v) is 1.40. The Hall–Kier alpha value is -1.04. The molecule has 0 aromatic carbocycles. The molecule has 0 aliphatic heterocycles. The van der Waals surface area contributed by atoms with Crippen molar-refractivity contribution in [3.05, 3.63) is 48.6 Å². The van der Waals surface area contributed by atoms with Crippen molar-refractivity contribution in [2.75, 3.05) is 0 Å². The van der Waals surface area contributed by atoms with Crippen LogP contribution in [-0.2, 0) is 0 Å².